The van der Waals surface area contributed by atoms with E-state index in [1.807, 2.05) is 0 Å². The highest BCUT2D eigenvalue weighted by molar-refractivity contribution is 6.31. The molecule has 1 fully saturated rings. The fourth-order valence-corrected chi connectivity index (χ4v) is 2.81. The van der Waals surface area contributed by atoms with Crippen LogP contribution in [0, 0.1) is 0 Å². The molecule has 3 nitrogen and oxygen atoms in total. The van der Waals surface area contributed by atoms with Gasteiger partial charge in [0.15, 0.2) is 0 Å². The van der Waals surface area contributed by atoms with Gasteiger partial charge in [-0.2, -0.15) is 0 Å². The number of nitrogens with zero attached hydrogens (tertiary/aromatic N) is 1. The van der Waals surface area contributed by atoms with E-state index >= 15 is 0 Å². The molecule has 0 amide bonds. The summed E-state index contributed by atoms with van der Waals surface area (Å²) in [5.74, 6) is 0. The van der Waals surface area contributed by atoms with Crippen molar-refractivity contribution < 1.29 is 4.74 Å². The second-order valence-corrected chi connectivity index (χ2v) is 6.59. The number of ether oxygens (including phenoxy) is 1. The summed E-state index contributed by atoms with van der Waals surface area (Å²) in [6.07, 6.45) is 1.81. The highest BCUT2D eigenvalue weighted by Gasteiger charge is 2.27. The van der Waals surface area contributed by atoms with E-state index in [1.165, 1.54) is 5.69 Å². The molecule has 20 heavy (non-hydrogen) atoms. The zero-order valence-electron chi connectivity index (χ0n) is 12.7. The number of morpholine rings is 1. The Hall–Kier alpha value is -0.770. The molecule has 1 aliphatic rings. The monoisotopic (exact) mass is 296 g/mol. The van der Waals surface area contributed by atoms with Gasteiger partial charge in [-0.3, -0.25) is 0 Å². The molecular weight excluding hydrogens is 272 g/mol. The minimum absolute atomic E-state index is 0.103. The average molecular weight is 297 g/mol. The molecular formula is C16H25ClN2O. The van der Waals surface area contributed by atoms with E-state index in [1.54, 1.807) is 0 Å². The first-order chi connectivity index (χ1) is 9.41. The molecule has 0 radical (unpaired) electrons. The lowest BCUT2D eigenvalue weighted by Crippen LogP contribution is -2.48. The van der Waals surface area contributed by atoms with E-state index in [2.05, 4.69) is 43.9 Å². The lowest BCUT2D eigenvalue weighted by atomic mass is 10.0. The molecule has 112 valence electrons. The zero-order valence-corrected chi connectivity index (χ0v) is 13.4. The lowest BCUT2D eigenvalue weighted by molar-refractivity contribution is -0.0276. The highest BCUT2D eigenvalue weighted by atomic mass is 35.5. The molecule has 1 saturated heterocycles. The number of rotatable bonds is 4. The van der Waals surface area contributed by atoms with Crippen molar-refractivity contribution in [2.45, 2.75) is 45.3 Å². The minimum atomic E-state index is -0.103. The van der Waals surface area contributed by atoms with Gasteiger partial charge in [-0.15, -0.1) is 0 Å². The zero-order chi connectivity index (χ0) is 14.8. The number of hydrogen-bond donors (Lipinski definition) is 1. The summed E-state index contributed by atoms with van der Waals surface area (Å²) in [5, 5.41) is 0.815. The van der Waals surface area contributed by atoms with Gasteiger partial charge in [-0.1, -0.05) is 24.6 Å². The summed E-state index contributed by atoms with van der Waals surface area (Å²) >= 11 is 6.41. The van der Waals surface area contributed by atoms with Crippen LogP contribution in [-0.2, 0) is 11.2 Å². The van der Waals surface area contributed by atoms with Gasteiger partial charge < -0.3 is 15.4 Å². The first-order valence-corrected chi connectivity index (χ1v) is 7.72. The van der Waals surface area contributed by atoms with E-state index in [0.29, 0.717) is 0 Å². The van der Waals surface area contributed by atoms with Crippen LogP contribution in [0.4, 0.5) is 5.69 Å². The number of anilines is 1. The molecule has 1 aromatic carbocycles. The van der Waals surface area contributed by atoms with Gasteiger partial charge in [-0.05, 0) is 44.4 Å². The summed E-state index contributed by atoms with van der Waals surface area (Å²) in [5.41, 5.74) is 8.20. The van der Waals surface area contributed by atoms with Gasteiger partial charge in [0.1, 0.15) is 0 Å². The third kappa shape index (κ3) is 3.87. The fourth-order valence-electron chi connectivity index (χ4n) is 2.56. The standard InChI is InChI=1S/C16H25ClN2O/c1-4-13(18)9-12-5-6-14(10-15(12)17)19-7-8-20-16(2,3)11-19/h5-6,10,13H,4,7-9,11,18H2,1-3H3. The van der Waals surface area contributed by atoms with Gasteiger partial charge in [-0.25, -0.2) is 0 Å². The van der Waals surface area contributed by atoms with Crippen molar-refractivity contribution in [3.8, 4) is 0 Å². The Kier molecular flexibility index (Phi) is 4.95. The van der Waals surface area contributed by atoms with Crippen LogP contribution in [-0.4, -0.2) is 31.3 Å². The Morgan fingerprint density at radius 3 is 2.80 bits per heavy atom. The third-order valence-corrected chi connectivity index (χ3v) is 4.19. The Morgan fingerprint density at radius 2 is 2.20 bits per heavy atom. The van der Waals surface area contributed by atoms with Crippen LogP contribution < -0.4 is 10.6 Å². The maximum absolute atomic E-state index is 6.41. The highest BCUT2D eigenvalue weighted by Crippen LogP contribution is 2.28. The van der Waals surface area contributed by atoms with Crippen molar-refractivity contribution in [1.82, 2.24) is 0 Å². The maximum Gasteiger partial charge on any atom is 0.0801 e. The van der Waals surface area contributed by atoms with Crippen molar-refractivity contribution in [2.24, 2.45) is 5.73 Å². The Labute approximate surface area is 127 Å². The predicted octanol–water partition coefficient (Wildman–Crippen LogP) is 3.24. The summed E-state index contributed by atoms with van der Waals surface area (Å²) in [6.45, 7) is 8.89. The van der Waals surface area contributed by atoms with E-state index in [0.717, 1.165) is 43.1 Å². The van der Waals surface area contributed by atoms with Gasteiger partial charge in [0, 0.05) is 29.8 Å². The van der Waals surface area contributed by atoms with Gasteiger partial charge in [0.2, 0.25) is 0 Å². The lowest BCUT2D eigenvalue weighted by Gasteiger charge is -2.39. The second-order valence-electron chi connectivity index (χ2n) is 6.18. The fraction of sp³-hybridized carbons (Fsp3) is 0.625. The molecule has 4 heteroatoms. The second kappa shape index (κ2) is 6.33. The quantitative estimate of drug-likeness (QED) is 0.927. The van der Waals surface area contributed by atoms with Crippen molar-refractivity contribution in [2.75, 3.05) is 24.6 Å². The number of benzene rings is 1. The van der Waals surface area contributed by atoms with Gasteiger partial charge in [0.05, 0.1) is 12.2 Å². The summed E-state index contributed by atoms with van der Waals surface area (Å²) in [6, 6.07) is 6.49. The van der Waals surface area contributed by atoms with E-state index < -0.39 is 0 Å². The van der Waals surface area contributed by atoms with E-state index in [-0.39, 0.29) is 11.6 Å². The average Bonchev–Trinajstić information content (AvgIpc) is 2.39. The maximum atomic E-state index is 6.41. The van der Waals surface area contributed by atoms with Crippen LogP contribution in [0.2, 0.25) is 5.02 Å². The van der Waals surface area contributed by atoms with E-state index in [9.17, 15) is 0 Å². The van der Waals surface area contributed by atoms with Crippen molar-refractivity contribution in [1.29, 1.82) is 0 Å². The SMILES string of the molecule is CCC(N)Cc1ccc(N2CCOC(C)(C)C2)cc1Cl. The number of hydrogen-bond acceptors (Lipinski definition) is 3. The Bertz CT molecular complexity index is 462. The van der Waals surface area contributed by atoms with Crippen LogP contribution >= 0.6 is 11.6 Å². The van der Waals surface area contributed by atoms with Crippen LogP contribution in [0.1, 0.15) is 32.8 Å². The Balaban J connectivity index is 2.12. The molecule has 1 aliphatic heterocycles. The Morgan fingerprint density at radius 1 is 1.45 bits per heavy atom. The molecule has 1 heterocycles. The molecule has 0 aliphatic carbocycles. The normalized spacial score (nSPS) is 19.9. The molecule has 2 N–H and O–H groups in total. The summed E-state index contributed by atoms with van der Waals surface area (Å²) in [7, 11) is 0. The molecule has 2 rings (SSSR count). The number of nitrogens with two attached hydrogens (primary N) is 1. The largest absolute Gasteiger partial charge is 0.372 e. The summed E-state index contributed by atoms with van der Waals surface area (Å²) in [4.78, 5) is 2.33. The molecule has 0 bridgehead atoms. The van der Waals surface area contributed by atoms with Crippen molar-refractivity contribution >= 4 is 17.3 Å². The van der Waals surface area contributed by atoms with Crippen molar-refractivity contribution in [3.63, 3.8) is 0 Å². The topological polar surface area (TPSA) is 38.5 Å². The third-order valence-electron chi connectivity index (χ3n) is 3.83. The first kappa shape index (κ1) is 15.6. The molecule has 1 atom stereocenters. The van der Waals surface area contributed by atoms with Crippen LogP contribution in [0.5, 0.6) is 0 Å². The predicted molar refractivity (Wildman–Crippen MR) is 85.7 cm³/mol. The first-order valence-electron chi connectivity index (χ1n) is 7.34. The minimum Gasteiger partial charge on any atom is -0.372 e. The molecule has 0 saturated carbocycles. The molecule has 1 unspecified atom stereocenters. The van der Waals surface area contributed by atoms with Crippen molar-refractivity contribution in [3.05, 3.63) is 28.8 Å². The number of halogens is 1. The van der Waals surface area contributed by atoms with Crippen LogP contribution in [0.3, 0.4) is 0 Å². The molecule has 0 aromatic heterocycles. The van der Waals surface area contributed by atoms with Gasteiger partial charge >= 0.3 is 0 Å². The molecule has 1 aromatic rings. The smallest absolute Gasteiger partial charge is 0.0801 e. The van der Waals surface area contributed by atoms with Crippen LogP contribution in [0.15, 0.2) is 18.2 Å². The van der Waals surface area contributed by atoms with E-state index in [4.69, 9.17) is 22.1 Å². The van der Waals surface area contributed by atoms with Crippen LogP contribution in [0.25, 0.3) is 0 Å². The molecule has 0 spiro atoms. The summed E-state index contributed by atoms with van der Waals surface area (Å²) < 4.78 is 5.75. The van der Waals surface area contributed by atoms with Gasteiger partial charge in [0.25, 0.3) is 0 Å².